The molecule has 0 aliphatic carbocycles. The van der Waals surface area contributed by atoms with E-state index in [1.165, 1.54) is 12.0 Å². The monoisotopic (exact) mass is 261 g/mol. The van der Waals surface area contributed by atoms with Gasteiger partial charge in [-0.25, -0.2) is 4.98 Å². The van der Waals surface area contributed by atoms with Crippen molar-refractivity contribution in [2.75, 3.05) is 11.4 Å². The Morgan fingerprint density at radius 2 is 2.11 bits per heavy atom. The lowest BCUT2D eigenvalue weighted by molar-refractivity contribution is 0.424. The smallest absolute Gasteiger partial charge is 0.133 e. The van der Waals surface area contributed by atoms with Crippen molar-refractivity contribution in [1.29, 1.82) is 0 Å². The minimum Gasteiger partial charge on any atom is -0.353 e. The van der Waals surface area contributed by atoms with E-state index in [1.807, 2.05) is 12.3 Å². The maximum Gasteiger partial charge on any atom is 0.133 e. The Labute approximate surface area is 117 Å². The van der Waals surface area contributed by atoms with E-state index in [9.17, 15) is 0 Å². The number of nitrogens with zero attached hydrogens (tertiary/aromatic N) is 2. The van der Waals surface area contributed by atoms with Crippen LogP contribution in [0.25, 0.3) is 0 Å². The zero-order valence-corrected chi connectivity index (χ0v) is 12.9. The first-order valence-corrected chi connectivity index (χ1v) is 7.32. The third kappa shape index (κ3) is 3.69. The first-order chi connectivity index (χ1) is 8.87. The lowest BCUT2D eigenvalue weighted by Crippen LogP contribution is -2.36. The van der Waals surface area contributed by atoms with Crippen LogP contribution < -0.4 is 10.2 Å². The SMILES string of the molecule is CC1CC(C)N(c2ncccc2CNC(C)(C)C)C1. The van der Waals surface area contributed by atoms with E-state index in [1.54, 1.807) is 0 Å². The van der Waals surface area contributed by atoms with Gasteiger partial charge in [0.2, 0.25) is 0 Å². The van der Waals surface area contributed by atoms with Gasteiger partial charge in [0.05, 0.1) is 0 Å². The van der Waals surface area contributed by atoms with Gasteiger partial charge in [-0.05, 0) is 46.1 Å². The van der Waals surface area contributed by atoms with Crippen LogP contribution in [0.2, 0.25) is 0 Å². The van der Waals surface area contributed by atoms with E-state index < -0.39 is 0 Å². The van der Waals surface area contributed by atoms with E-state index in [0.717, 1.165) is 24.8 Å². The molecule has 106 valence electrons. The molecule has 0 amide bonds. The summed E-state index contributed by atoms with van der Waals surface area (Å²) in [6.45, 7) is 13.2. The molecule has 2 unspecified atom stereocenters. The topological polar surface area (TPSA) is 28.2 Å². The zero-order chi connectivity index (χ0) is 14.0. The highest BCUT2D eigenvalue weighted by Crippen LogP contribution is 2.29. The zero-order valence-electron chi connectivity index (χ0n) is 12.9. The summed E-state index contributed by atoms with van der Waals surface area (Å²) in [5.74, 6) is 1.93. The molecule has 0 saturated carbocycles. The van der Waals surface area contributed by atoms with Crippen LogP contribution in [0.3, 0.4) is 0 Å². The first-order valence-electron chi connectivity index (χ1n) is 7.32. The summed E-state index contributed by atoms with van der Waals surface area (Å²) in [6.07, 6.45) is 3.17. The van der Waals surface area contributed by atoms with E-state index in [0.29, 0.717) is 6.04 Å². The number of rotatable bonds is 3. The maximum absolute atomic E-state index is 4.63. The van der Waals surface area contributed by atoms with Crippen LogP contribution in [0.5, 0.6) is 0 Å². The van der Waals surface area contributed by atoms with Crippen molar-refractivity contribution in [1.82, 2.24) is 10.3 Å². The first kappa shape index (κ1) is 14.3. The number of nitrogens with one attached hydrogen (secondary N) is 1. The van der Waals surface area contributed by atoms with E-state index >= 15 is 0 Å². The Hall–Kier alpha value is -1.09. The maximum atomic E-state index is 4.63. The number of hydrogen-bond acceptors (Lipinski definition) is 3. The molecule has 2 atom stereocenters. The van der Waals surface area contributed by atoms with Gasteiger partial charge in [0.1, 0.15) is 5.82 Å². The molecule has 1 N–H and O–H groups in total. The van der Waals surface area contributed by atoms with Crippen molar-refractivity contribution in [3.05, 3.63) is 23.9 Å². The molecule has 0 radical (unpaired) electrons. The standard InChI is InChI=1S/C16H27N3/c1-12-9-13(2)19(11-12)15-14(7-6-8-17-15)10-18-16(3,4)5/h6-8,12-13,18H,9-11H2,1-5H3. The van der Waals surface area contributed by atoms with Gasteiger partial charge in [-0.15, -0.1) is 0 Å². The normalized spacial score (nSPS) is 23.9. The van der Waals surface area contributed by atoms with Gasteiger partial charge in [-0.2, -0.15) is 0 Å². The molecule has 1 fully saturated rings. The summed E-state index contributed by atoms with van der Waals surface area (Å²) in [7, 11) is 0. The van der Waals surface area contributed by atoms with Gasteiger partial charge in [0.15, 0.2) is 0 Å². The largest absolute Gasteiger partial charge is 0.353 e. The summed E-state index contributed by atoms with van der Waals surface area (Å²) < 4.78 is 0. The molecule has 2 heterocycles. The van der Waals surface area contributed by atoms with Crippen LogP contribution in [0.15, 0.2) is 18.3 Å². The minimum atomic E-state index is 0.136. The Balaban J connectivity index is 2.17. The lowest BCUT2D eigenvalue weighted by atomic mass is 10.1. The van der Waals surface area contributed by atoms with Crippen molar-refractivity contribution in [3.63, 3.8) is 0 Å². The number of aromatic nitrogens is 1. The molecule has 3 heteroatoms. The molecule has 0 bridgehead atoms. The highest BCUT2D eigenvalue weighted by Gasteiger charge is 2.28. The Morgan fingerprint density at radius 1 is 1.37 bits per heavy atom. The summed E-state index contributed by atoms with van der Waals surface area (Å²) >= 11 is 0. The Bertz CT molecular complexity index is 422. The van der Waals surface area contributed by atoms with Gasteiger partial charge in [0, 0.05) is 36.4 Å². The fraction of sp³-hybridized carbons (Fsp3) is 0.688. The van der Waals surface area contributed by atoms with Crippen molar-refractivity contribution < 1.29 is 0 Å². The van der Waals surface area contributed by atoms with Gasteiger partial charge in [-0.1, -0.05) is 13.0 Å². The van der Waals surface area contributed by atoms with Crippen LogP contribution in [-0.2, 0) is 6.54 Å². The van der Waals surface area contributed by atoms with E-state index in [-0.39, 0.29) is 5.54 Å². The Morgan fingerprint density at radius 3 is 2.68 bits per heavy atom. The summed E-state index contributed by atoms with van der Waals surface area (Å²) in [5.41, 5.74) is 1.44. The summed E-state index contributed by atoms with van der Waals surface area (Å²) in [4.78, 5) is 7.09. The second kappa shape index (κ2) is 5.49. The fourth-order valence-electron chi connectivity index (χ4n) is 2.78. The molecular formula is C16H27N3. The van der Waals surface area contributed by atoms with Gasteiger partial charge in [-0.3, -0.25) is 0 Å². The quantitative estimate of drug-likeness (QED) is 0.905. The highest BCUT2D eigenvalue weighted by molar-refractivity contribution is 5.48. The molecule has 0 spiro atoms. The minimum absolute atomic E-state index is 0.136. The summed E-state index contributed by atoms with van der Waals surface area (Å²) in [5, 5.41) is 3.56. The predicted octanol–water partition coefficient (Wildman–Crippen LogP) is 3.20. The van der Waals surface area contributed by atoms with Crippen LogP contribution in [0.1, 0.15) is 46.6 Å². The molecule has 0 aromatic carbocycles. The molecule has 19 heavy (non-hydrogen) atoms. The third-order valence-corrected chi connectivity index (χ3v) is 3.73. The molecule has 1 saturated heterocycles. The van der Waals surface area contributed by atoms with Crippen molar-refractivity contribution in [2.45, 2.75) is 59.2 Å². The van der Waals surface area contributed by atoms with Crippen LogP contribution >= 0.6 is 0 Å². The highest BCUT2D eigenvalue weighted by atomic mass is 15.2. The van der Waals surface area contributed by atoms with Crippen molar-refractivity contribution in [3.8, 4) is 0 Å². The molecule has 1 aromatic heterocycles. The average Bonchev–Trinajstić information content (AvgIpc) is 2.65. The van der Waals surface area contributed by atoms with Crippen LogP contribution in [-0.4, -0.2) is 23.1 Å². The number of pyridine rings is 1. The Kier molecular flexibility index (Phi) is 4.14. The second-order valence-corrected chi connectivity index (χ2v) is 6.93. The molecule has 1 aromatic rings. The molecule has 3 nitrogen and oxygen atoms in total. The molecule has 1 aliphatic heterocycles. The predicted molar refractivity (Wildman–Crippen MR) is 81.4 cm³/mol. The third-order valence-electron chi connectivity index (χ3n) is 3.73. The molecule has 1 aliphatic rings. The van der Waals surface area contributed by atoms with Gasteiger partial charge < -0.3 is 10.2 Å². The van der Waals surface area contributed by atoms with Crippen LogP contribution in [0.4, 0.5) is 5.82 Å². The van der Waals surface area contributed by atoms with E-state index in [4.69, 9.17) is 0 Å². The van der Waals surface area contributed by atoms with Crippen molar-refractivity contribution in [2.24, 2.45) is 5.92 Å². The van der Waals surface area contributed by atoms with Gasteiger partial charge in [0.25, 0.3) is 0 Å². The number of anilines is 1. The van der Waals surface area contributed by atoms with Gasteiger partial charge >= 0.3 is 0 Å². The summed E-state index contributed by atoms with van der Waals surface area (Å²) in [6, 6.07) is 4.82. The molecule has 2 rings (SSSR count). The van der Waals surface area contributed by atoms with E-state index in [2.05, 4.69) is 55.9 Å². The molecular weight excluding hydrogens is 234 g/mol. The average molecular weight is 261 g/mol. The van der Waals surface area contributed by atoms with Crippen molar-refractivity contribution >= 4 is 5.82 Å². The lowest BCUT2D eigenvalue weighted by Gasteiger charge is -2.27. The number of hydrogen-bond donors (Lipinski definition) is 1. The second-order valence-electron chi connectivity index (χ2n) is 6.93. The van der Waals surface area contributed by atoms with Crippen LogP contribution in [0, 0.1) is 5.92 Å². The fourth-order valence-corrected chi connectivity index (χ4v) is 2.78.